The molecule has 0 unspecified atom stereocenters. The molecule has 1 aliphatic heterocycles. The van der Waals surface area contributed by atoms with Crippen molar-refractivity contribution in [1.82, 2.24) is 15.0 Å². The highest BCUT2D eigenvalue weighted by molar-refractivity contribution is 6.33. The summed E-state index contributed by atoms with van der Waals surface area (Å²) in [4.78, 5) is 25.8. The molecule has 12 heteroatoms. The van der Waals surface area contributed by atoms with E-state index in [1.807, 2.05) is 35.2 Å². The fourth-order valence-corrected chi connectivity index (χ4v) is 3.10. The number of nitro benzene ring substituents is 1. The first-order chi connectivity index (χ1) is 15.6. The minimum atomic E-state index is -0.497. The van der Waals surface area contributed by atoms with Gasteiger partial charge in [0, 0.05) is 41.5 Å². The second kappa shape index (κ2) is 9.98. The molecule has 0 amide bonds. The molecule has 32 heavy (non-hydrogen) atoms. The van der Waals surface area contributed by atoms with Gasteiger partial charge >= 0.3 is 0 Å². The summed E-state index contributed by atoms with van der Waals surface area (Å²) in [6.07, 6.45) is 1.37. The largest absolute Gasteiger partial charge is 0.378 e. The Kier molecular flexibility index (Phi) is 6.68. The predicted octanol–water partition coefficient (Wildman–Crippen LogP) is 3.46. The molecule has 2 N–H and O–H groups in total. The average Bonchev–Trinajstić information content (AvgIpc) is 2.81. The standard InChI is InChI=1S/C20H19ClN8O3/c21-17-7-6-16(29(30)31)12-14(17)13-22-27-19-24-18(23-15-4-2-1-3-5-15)25-20(26-19)28-8-10-32-11-9-28/h1-7,12-13H,8-11H2,(H2,23,24,25,26,27). The summed E-state index contributed by atoms with van der Waals surface area (Å²) < 4.78 is 5.40. The number of aromatic nitrogens is 3. The number of nitro groups is 1. The summed E-state index contributed by atoms with van der Waals surface area (Å²) in [6, 6.07) is 13.6. The number of benzene rings is 2. The van der Waals surface area contributed by atoms with Crippen molar-refractivity contribution in [3.8, 4) is 0 Å². The molecule has 0 radical (unpaired) electrons. The van der Waals surface area contributed by atoms with Crippen LogP contribution in [0.1, 0.15) is 5.56 Å². The van der Waals surface area contributed by atoms with Crippen LogP contribution in [0.25, 0.3) is 0 Å². The quantitative estimate of drug-likeness (QED) is 0.313. The van der Waals surface area contributed by atoms with Crippen molar-refractivity contribution < 1.29 is 9.66 Å². The monoisotopic (exact) mass is 454 g/mol. The van der Waals surface area contributed by atoms with Gasteiger partial charge in [0.2, 0.25) is 17.8 Å². The third-order valence-electron chi connectivity index (χ3n) is 4.51. The van der Waals surface area contributed by atoms with Crippen LogP contribution in [0.4, 0.5) is 29.2 Å². The van der Waals surface area contributed by atoms with Crippen molar-refractivity contribution in [2.45, 2.75) is 0 Å². The number of nitrogens with one attached hydrogen (secondary N) is 2. The molecule has 3 aromatic rings. The molecule has 4 rings (SSSR count). The van der Waals surface area contributed by atoms with Gasteiger partial charge in [-0.1, -0.05) is 29.8 Å². The van der Waals surface area contributed by atoms with Gasteiger partial charge in [0.05, 0.1) is 24.4 Å². The van der Waals surface area contributed by atoms with Crippen molar-refractivity contribution in [3.05, 3.63) is 69.2 Å². The molecule has 0 atom stereocenters. The lowest BCUT2D eigenvalue weighted by Gasteiger charge is -2.27. The van der Waals surface area contributed by atoms with Crippen molar-refractivity contribution >= 4 is 47.0 Å². The van der Waals surface area contributed by atoms with Gasteiger partial charge in [-0.05, 0) is 18.2 Å². The Balaban J connectivity index is 1.58. The third-order valence-corrected chi connectivity index (χ3v) is 4.85. The molecule has 0 aliphatic carbocycles. The summed E-state index contributed by atoms with van der Waals surface area (Å²) in [5.41, 5.74) is 3.88. The van der Waals surface area contributed by atoms with E-state index in [-0.39, 0.29) is 11.6 Å². The molecular weight excluding hydrogens is 436 g/mol. The zero-order valence-corrected chi connectivity index (χ0v) is 17.6. The lowest BCUT2D eigenvalue weighted by molar-refractivity contribution is -0.384. The minimum Gasteiger partial charge on any atom is -0.378 e. The Bertz CT molecular complexity index is 1120. The molecule has 2 aromatic carbocycles. The number of morpholine rings is 1. The predicted molar refractivity (Wildman–Crippen MR) is 122 cm³/mol. The van der Waals surface area contributed by atoms with Gasteiger partial charge in [-0.25, -0.2) is 5.43 Å². The van der Waals surface area contributed by atoms with Crippen LogP contribution in [0.15, 0.2) is 53.6 Å². The number of hydrazone groups is 1. The minimum absolute atomic E-state index is 0.0834. The van der Waals surface area contributed by atoms with Crippen LogP contribution in [0.5, 0.6) is 0 Å². The Hall–Kier alpha value is -3.83. The van der Waals surface area contributed by atoms with Crippen LogP contribution >= 0.6 is 11.6 Å². The maximum absolute atomic E-state index is 11.0. The molecule has 164 valence electrons. The van der Waals surface area contributed by atoms with Gasteiger partial charge in [-0.15, -0.1) is 0 Å². The lowest BCUT2D eigenvalue weighted by Crippen LogP contribution is -2.37. The van der Waals surface area contributed by atoms with E-state index in [9.17, 15) is 10.1 Å². The SMILES string of the molecule is O=[N+]([O-])c1ccc(Cl)c(C=NNc2nc(Nc3ccccc3)nc(N3CCOCC3)n2)c1. The molecule has 1 aliphatic rings. The molecule has 1 aromatic heterocycles. The fraction of sp³-hybridized carbons (Fsp3) is 0.200. The van der Waals surface area contributed by atoms with Crippen LogP contribution < -0.4 is 15.6 Å². The highest BCUT2D eigenvalue weighted by Gasteiger charge is 2.17. The summed E-state index contributed by atoms with van der Waals surface area (Å²) in [7, 11) is 0. The summed E-state index contributed by atoms with van der Waals surface area (Å²) >= 11 is 6.11. The van der Waals surface area contributed by atoms with Gasteiger partial charge < -0.3 is 15.0 Å². The Labute approximate surface area is 188 Å². The van der Waals surface area contributed by atoms with Crippen molar-refractivity contribution in [1.29, 1.82) is 0 Å². The molecule has 2 heterocycles. The molecule has 0 saturated carbocycles. The number of rotatable bonds is 7. The fourth-order valence-electron chi connectivity index (χ4n) is 2.93. The Morgan fingerprint density at radius 2 is 1.84 bits per heavy atom. The van der Waals surface area contributed by atoms with Gasteiger partial charge in [-0.3, -0.25) is 10.1 Å². The topological polar surface area (TPSA) is 131 Å². The normalized spacial score (nSPS) is 13.8. The summed E-state index contributed by atoms with van der Waals surface area (Å²) in [6.45, 7) is 2.47. The first kappa shape index (κ1) is 21.4. The number of nitrogens with zero attached hydrogens (tertiary/aromatic N) is 6. The summed E-state index contributed by atoms with van der Waals surface area (Å²) in [5, 5.41) is 18.6. The van der Waals surface area contributed by atoms with E-state index in [0.717, 1.165) is 5.69 Å². The number of anilines is 4. The molecule has 0 spiro atoms. The second-order valence-corrected chi connectivity index (χ2v) is 7.11. The van der Waals surface area contributed by atoms with Crippen LogP contribution in [-0.2, 0) is 4.74 Å². The lowest BCUT2D eigenvalue weighted by atomic mass is 10.2. The van der Waals surface area contributed by atoms with Gasteiger partial charge in [0.1, 0.15) is 0 Å². The maximum atomic E-state index is 11.0. The van der Waals surface area contributed by atoms with Crippen molar-refractivity contribution in [2.24, 2.45) is 5.10 Å². The van der Waals surface area contributed by atoms with E-state index in [4.69, 9.17) is 16.3 Å². The highest BCUT2D eigenvalue weighted by atomic mass is 35.5. The molecule has 11 nitrogen and oxygen atoms in total. The Morgan fingerprint density at radius 3 is 2.59 bits per heavy atom. The molecule has 1 saturated heterocycles. The van der Waals surface area contributed by atoms with E-state index in [2.05, 4.69) is 30.8 Å². The first-order valence-corrected chi connectivity index (χ1v) is 10.1. The molecular formula is C20H19ClN8O3. The third kappa shape index (κ3) is 5.45. The number of hydrogen-bond acceptors (Lipinski definition) is 10. The van der Waals surface area contributed by atoms with Crippen LogP contribution in [0.2, 0.25) is 5.02 Å². The van der Waals surface area contributed by atoms with Gasteiger partial charge in [0.25, 0.3) is 5.69 Å². The number of halogens is 1. The van der Waals surface area contributed by atoms with Gasteiger partial charge in [0.15, 0.2) is 0 Å². The number of hydrogen-bond donors (Lipinski definition) is 2. The zero-order valence-electron chi connectivity index (χ0n) is 16.8. The van der Waals surface area contributed by atoms with E-state index in [1.54, 1.807) is 0 Å². The zero-order chi connectivity index (χ0) is 22.3. The smallest absolute Gasteiger partial charge is 0.270 e. The highest BCUT2D eigenvalue weighted by Crippen LogP contribution is 2.21. The van der Waals surface area contributed by atoms with E-state index in [1.165, 1.54) is 24.4 Å². The van der Waals surface area contributed by atoms with Crippen LogP contribution in [0, 0.1) is 10.1 Å². The van der Waals surface area contributed by atoms with Crippen LogP contribution in [0.3, 0.4) is 0 Å². The maximum Gasteiger partial charge on any atom is 0.270 e. The average molecular weight is 455 g/mol. The van der Waals surface area contributed by atoms with E-state index < -0.39 is 4.92 Å². The molecule has 1 fully saturated rings. The number of non-ortho nitro benzene ring substituents is 1. The molecule has 0 bridgehead atoms. The first-order valence-electron chi connectivity index (χ1n) is 9.72. The van der Waals surface area contributed by atoms with Crippen LogP contribution in [-0.4, -0.2) is 52.4 Å². The second-order valence-electron chi connectivity index (χ2n) is 6.71. The van der Waals surface area contributed by atoms with Crippen molar-refractivity contribution in [3.63, 3.8) is 0 Å². The number of para-hydroxylation sites is 1. The number of ether oxygens (including phenoxy) is 1. The van der Waals surface area contributed by atoms with E-state index in [0.29, 0.717) is 48.8 Å². The summed E-state index contributed by atoms with van der Waals surface area (Å²) in [5.74, 6) is 1.03. The van der Waals surface area contributed by atoms with Gasteiger partial charge in [-0.2, -0.15) is 20.1 Å². The van der Waals surface area contributed by atoms with Crippen molar-refractivity contribution in [2.75, 3.05) is 41.9 Å². The Morgan fingerprint density at radius 1 is 1.09 bits per heavy atom. The van der Waals surface area contributed by atoms with E-state index >= 15 is 0 Å².